The zero-order valence-corrected chi connectivity index (χ0v) is 10.5. The van der Waals surface area contributed by atoms with E-state index in [1.165, 1.54) is 0 Å². The molecule has 2 saturated heterocycles. The molecule has 1 aromatic rings. The fraction of sp³-hybridized carbons (Fsp3) is 0.571. The highest BCUT2D eigenvalue weighted by Crippen LogP contribution is 2.53. The highest BCUT2D eigenvalue weighted by molar-refractivity contribution is 5.25. The summed E-state index contributed by atoms with van der Waals surface area (Å²) in [5.41, 5.74) is 5.10. The Morgan fingerprint density at radius 3 is 2.79 bits per heavy atom. The van der Waals surface area contributed by atoms with Crippen molar-refractivity contribution in [2.75, 3.05) is 6.54 Å². The standard InChI is InChI=1S/C14H17F2NO2/c15-8-1-3-11(16)10(5-8)13(18)14(7-17)6-9-2-4-12(14)19-9/h1,3,5,9,12-13,18H,2,4,6-7,17H2. The molecule has 4 atom stereocenters. The van der Waals surface area contributed by atoms with Gasteiger partial charge in [-0.15, -0.1) is 0 Å². The van der Waals surface area contributed by atoms with Crippen LogP contribution >= 0.6 is 0 Å². The van der Waals surface area contributed by atoms with Crippen LogP contribution in [0, 0.1) is 17.0 Å². The Balaban J connectivity index is 1.98. The minimum Gasteiger partial charge on any atom is -0.388 e. The predicted octanol–water partition coefficient (Wildman–Crippen LogP) is 1.89. The molecule has 2 bridgehead atoms. The molecule has 0 spiro atoms. The molecular formula is C14H17F2NO2. The van der Waals surface area contributed by atoms with Gasteiger partial charge in [0.1, 0.15) is 11.6 Å². The number of hydrogen-bond donors (Lipinski definition) is 2. The fourth-order valence-corrected chi connectivity index (χ4v) is 3.48. The molecule has 4 unspecified atom stereocenters. The number of ether oxygens (including phenoxy) is 1. The van der Waals surface area contributed by atoms with Crippen LogP contribution in [-0.4, -0.2) is 23.9 Å². The second-order valence-electron chi connectivity index (χ2n) is 5.53. The van der Waals surface area contributed by atoms with Gasteiger partial charge in [0.2, 0.25) is 0 Å². The van der Waals surface area contributed by atoms with Gasteiger partial charge < -0.3 is 15.6 Å². The number of rotatable bonds is 3. The first-order chi connectivity index (χ1) is 9.06. The summed E-state index contributed by atoms with van der Waals surface area (Å²) >= 11 is 0. The summed E-state index contributed by atoms with van der Waals surface area (Å²) in [4.78, 5) is 0. The molecule has 0 aromatic heterocycles. The van der Waals surface area contributed by atoms with Crippen molar-refractivity contribution < 1.29 is 18.6 Å². The van der Waals surface area contributed by atoms with E-state index in [1.54, 1.807) is 0 Å². The molecule has 0 radical (unpaired) electrons. The van der Waals surface area contributed by atoms with Gasteiger partial charge in [0.15, 0.2) is 0 Å². The number of halogens is 2. The van der Waals surface area contributed by atoms with Crippen LogP contribution in [0.1, 0.15) is 30.9 Å². The molecule has 3 rings (SSSR count). The topological polar surface area (TPSA) is 55.5 Å². The molecule has 1 aromatic carbocycles. The Kier molecular flexibility index (Phi) is 3.08. The van der Waals surface area contributed by atoms with Crippen molar-refractivity contribution >= 4 is 0 Å². The molecule has 19 heavy (non-hydrogen) atoms. The molecule has 0 saturated carbocycles. The third-order valence-corrected chi connectivity index (χ3v) is 4.53. The molecular weight excluding hydrogens is 252 g/mol. The summed E-state index contributed by atoms with van der Waals surface area (Å²) in [6.45, 7) is 0.200. The first kappa shape index (κ1) is 13.0. The molecule has 3 N–H and O–H groups in total. The molecule has 2 heterocycles. The maximum atomic E-state index is 13.8. The average Bonchev–Trinajstić information content (AvgIpc) is 3.01. The van der Waals surface area contributed by atoms with Crippen LogP contribution in [0.25, 0.3) is 0 Å². The average molecular weight is 269 g/mol. The number of fused-ring (bicyclic) bond motifs is 2. The lowest BCUT2D eigenvalue weighted by Crippen LogP contribution is -2.44. The smallest absolute Gasteiger partial charge is 0.129 e. The van der Waals surface area contributed by atoms with Crippen LogP contribution in [-0.2, 0) is 4.74 Å². The number of nitrogens with two attached hydrogens (primary N) is 1. The third-order valence-electron chi connectivity index (χ3n) is 4.53. The molecule has 2 aliphatic heterocycles. The second-order valence-corrected chi connectivity index (χ2v) is 5.53. The van der Waals surface area contributed by atoms with E-state index in [4.69, 9.17) is 10.5 Å². The van der Waals surface area contributed by atoms with E-state index < -0.39 is 23.2 Å². The molecule has 2 aliphatic rings. The molecule has 2 fully saturated rings. The third kappa shape index (κ3) is 1.88. The summed E-state index contributed by atoms with van der Waals surface area (Å²) in [6, 6.07) is 3.12. The normalized spacial score (nSPS) is 34.7. The van der Waals surface area contributed by atoms with Crippen LogP contribution in [0.4, 0.5) is 8.78 Å². The van der Waals surface area contributed by atoms with Crippen molar-refractivity contribution in [1.82, 2.24) is 0 Å². The molecule has 5 heteroatoms. The van der Waals surface area contributed by atoms with Gasteiger partial charge in [-0.25, -0.2) is 8.78 Å². The summed E-state index contributed by atoms with van der Waals surface area (Å²) in [6.07, 6.45) is 1.15. The zero-order valence-electron chi connectivity index (χ0n) is 10.5. The van der Waals surface area contributed by atoms with Gasteiger partial charge in [-0.2, -0.15) is 0 Å². The van der Waals surface area contributed by atoms with Gasteiger partial charge in [-0.1, -0.05) is 0 Å². The Labute approximate surface area is 110 Å². The largest absolute Gasteiger partial charge is 0.388 e. The highest BCUT2D eigenvalue weighted by Gasteiger charge is 2.56. The van der Waals surface area contributed by atoms with Gasteiger partial charge in [0.25, 0.3) is 0 Å². The van der Waals surface area contributed by atoms with Crippen LogP contribution in [0.5, 0.6) is 0 Å². The van der Waals surface area contributed by atoms with E-state index in [0.717, 1.165) is 31.0 Å². The minimum atomic E-state index is -1.14. The fourth-order valence-electron chi connectivity index (χ4n) is 3.48. The van der Waals surface area contributed by atoms with E-state index >= 15 is 0 Å². The van der Waals surface area contributed by atoms with Crippen molar-refractivity contribution in [3.8, 4) is 0 Å². The van der Waals surface area contributed by atoms with Crippen LogP contribution < -0.4 is 5.73 Å². The van der Waals surface area contributed by atoms with Crippen LogP contribution in [0.2, 0.25) is 0 Å². The minimum absolute atomic E-state index is 0.0263. The Hall–Kier alpha value is -1.04. The lowest BCUT2D eigenvalue weighted by molar-refractivity contribution is -0.0281. The number of benzene rings is 1. The highest BCUT2D eigenvalue weighted by atomic mass is 19.1. The summed E-state index contributed by atoms with van der Waals surface area (Å²) < 4.78 is 32.8. The molecule has 0 aliphatic carbocycles. The monoisotopic (exact) mass is 269 g/mol. The number of aliphatic hydroxyl groups is 1. The maximum absolute atomic E-state index is 13.8. The first-order valence-corrected chi connectivity index (χ1v) is 6.55. The van der Waals surface area contributed by atoms with E-state index in [-0.39, 0.29) is 24.3 Å². The van der Waals surface area contributed by atoms with Crippen LogP contribution in [0.3, 0.4) is 0 Å². The number of hydrogen-bond acceptors (Lipinski definition) is 3. The molecule has 104 valence electrons. The van der Waals surface area contributed by atoms with Crippen molar-refractivity contribution in [3.63, 3.8) is 0 Å². The zero-order chi connectivity index (χ0) is 13.6. The second kappa shape index (κ2) is 4.51. The Bertz CT molecular complexity index is 496. The van der Waals surface area contributed by atoms with Crippen molar-refractivity contribution in [2.45, 2.75) is 37.6 Å². The summed E-state index contributed by atoms with van der Waals surface area (Å²) in [7, 11) is 0. The molecule has 3 nitrogen and oxygen atoms in total. The van der Waals surface area contributed by atoms with Crippen LogP contribution in [0.15, 0.2) is 18.2 Å². The van der Waals surface area contributed by atoms with E-state index in [0.29, 0.717) is 6.42 Å². The van der Waals surface area contributed by atoms with Crippen molar-refractivity contribution in [2.24, 2.45) is 11.1 Å². The van der Waals surface area contributed by atoms with E-state index in [2.05, 4.69) is 0 Å². The van der Waals surface area contributed by atoms with Crippen molar-refractivity contribution in [3.05, 3.63) is 35.4 Å². The first-order valence-electron chi connectivity index (χ1n) is 6.55. The summed E-state index contributed by atoms with van der Waals surface area (Å²) in [5.74, 6) is -1.17. The lowest BCUT2D eigenvalue weighted by atomic mass is 9.68. The van der Waals surface area contributed by atoms with Crippen molar-refractivity contribution in [1.29, 1.82) is 0 Å². The van der Waals surface area contributed by atoms with Gasteiger partial charge in [0.05, 0.1) is 18.3 Å². The Morgan fingerprint density at radius 1 is 1.42 bits per heavy atom. The number of aliphatic hydroxyl groups excluding tert-OH is 1. The van der Waals surface area contributed by atoms with Gasteiger partial charge in [-0.3, -0.25) is 0 Å². The lowest BCUT2D eigenvalue weighted by Gasteiger charge is -2.38. The Morgan fingerprint density at radius 2 is 2.21 bits per heavy atom. The van der Waals surface area contributed by atoms with Gasteiger partial charge in [0, 0.05) is 17.5 Å². The SMILES string of the molecule is NCC1(C(O)c2cc(F)ccc2F)CC2CCC1O2. The summed E-state index contributed by atoms with van der Waals surface area (Å²) in [5, 5.41) is 10.5. The molecule has 0 amide bonds. The quantitative estimate of drug-likeness (QED) is 0.881. The maximum Gasteiger partial charge on any atom is 0.129 e. The van der Waals surface area contributed by atoms with Gasteiger partial charge >= 0.3 is 0 Å². The van der Waals surface area contributed by atoms with E-state index in [9.17, 15) is 13.9 Å². The van der Waals surface area contributed by atoms with Gasteiger partial charge in [-0.05, 0) is 37.5 Å². The predicted molar refractivity (Wildman–Crippen MR) is 65.3 cm³/mol. The van der Waals surface area contributed by atoms with E-state index in [1.807, 2.05) is 0 Å².